The van der Waals surface area contributed by atoms with Crippen molar-refractivity contribution < 1.29 is 29.7 Å². The van der Waals surface area contributed by atoms with E-state index in [-0.39, 0.29) is 16.9 Å². The summed E-state index contributed by atoms with van der Waals surface area (Å²) in [4.78, 5) is 40.9. The molecule has 1 aromatic rings. The highest BCUT2D eigenvalue weighted by Gasteiger charge is 2.58. The lowest BCUT2D eigenvalue weighted by atomic mass is 9.54. The van der Waals surface area contributed by atoms with Crippen LogP contribution in [0.25, 0.3) is 0 Å². The van der Waals surface area contributed by atoms with Crippen LogP contribution in [0.3, 0.4) is 0 Å². The molecule has 4 rings (SSSR count). The summed E-state index contributed by atoms with van der Waals surface area (Å²) < 4.78 is 0. The number of benzene rings is 1. The Balaban J connectivity index is 1.87. The first-order valence-electron chi connectivity index (χ1n) is 12.3. The van der Waals surface area contributed by atoms with Gasteiger partial charge < -0.3 is 26.4 Å². The van der Waals surface area contributed by atoms with Gasteiger partial charge in [-0.1, -0.05) is 26.8 Å². The first kappa shape index (κ1) is 25.9. The maximum Gasteiger partial charge on any atom is 0.255 e. The Kier molecular flexibility index (Phi) is 6.51. The standard InChI is InChI=1S/C27H35N3O6/c1-12(2)10-29-11-13-6-7-16(31)17-14(13)8-27(3)9-15-18(24(34)20(27)23(17)33)22(32)19(26(28)36)25(35)21(15)30(4)5/h6-7,12,15,18,21,29,31,34-35H,8-11H2,1-5H3,(H2,28,36). The number of hydrogen-bond donors (Lipinski definition) is 5. The highest BCUT2D eigenvalue weighted by Crippen LogP contribution is 2.56. The number of ketones is 2. The molecule has 3 aliphatic rings. The zero-order valence-corrected chi connectivity index (χ0v) is 21.4. The molecule has 0 heterocycles. The van der Waals surface area contributed by atoms with E-state index in [1.165, 1.54) is 6.07 Å². The first-order valence-corrected chi connectivity index (χ1v) is 12.3. The van der Waals surface area contributed by atoms with Crippen LogP contribution in [0.4, 0.5) is 0 Å². The van der Waals surface area contributed by atoms with Crippen LogP contribution >= 0.6 is 0 Å². The fourth-order valence-electron chi connectivity index (χ4n) is 6.39. The number of Topliss-reactive ketones (excluding diaryl/α,β-unsaturated/α-hetero) is 2. The zero-order chi connectivity index (χ0) is 26.7. The molecule has 0 radical (unpaired) electrons. The van der Waals surface area contributed by atoms with Gasteiger partial charge in [0.2, 0.25) is 0 Å². The van der Waals surface area contributed by atoms with Crippen LogP contribution in [-0.4, -0.2) is 64.4 Å². The molecule has 1 amide bonds. The third-order valence-corrected chi connectivity index (χ3v) is 7.82. The number of phenols is 1. The Morgan fingerprint density at radius 3 is 2.44 bits per heavy atom. The number of carbonyl (C=O) groups excluding carboxylic acids is 3. The van der Waals surface area contributed by atoms with E-state index < -0.39 is 57.9 Å². The van der Waals surface area contributed by atoms with E-state index in [1.54, 1.807) is 25.1 Å². The van der Waals surface area contributed by atoms with E-state index in [9.17, 15) is 29.7 Å². The number of fused-ring (bicyclic) bond motifs is 3. The second-order valence-electron chi connectivity index (χ2n) is 11.2. The molecular formula is C27H35N3O6. The number of aliphatic hydroxyl groups excluding tert-OH is 2. The number of allylic oxidation sites excluding steroid dienone is 2. The van der Waals surface area contributed by atoms with Gasteiger partial charge in [0.25, 0.3) is 5.91 Å². The minimum absolute atomic E-state index is 0.0786. The van der Waals surface area contributed by atoms with Gasteiger partial charge in [-0.15, -0.1) is 0 Å². The van der Waals surface area contributed by atoms with Crippen molar-refractivity contribution in [3.63, 3.8) is 0 Å². The summed E-state index contributed by atoms with van der Waals surface area (Å²) in [5, 5.41) is 36.4. The number of hydrogen-bond acceptors (Lipinski definition) is 8. The van der Waals surface area contributed by atoms with Crippen LogP contribution in [0.1, 0.15) is 48.7 Å². The van der Waals surface area contributed by atoms with Crippen molar-refractivity contribution in [3.8, 4) is 5.75 Å². The molecule has 6 N–H and O–H groups in total. The average molecular weight is 498 g/mol. The summed E-state index contributed by atoms with van der Waals surface area (Å²) in [5.74, 6) is -4.71. The molecule has 0 fully saturated rings. The van der Waals surface area contributed by atoms with Crippen molar-refractivity contribution in [2.24, 2.45) is 28.9 Å². The molecule has 4 atom stereocenters. The third-order valence-electron chi connectivity index (χ3n) is 7.82. The maximum atomic E-state index is 13.8. The van der Waals surface area contributed by atoms with E-state index in [1.807, 2.05) is 6.92 Å². The van der Waals surface area contributed by atoms with Gasteiger partial charge in [-0.2, -0.15) is 0 Å². The highest BCUT2D eigenvalue weighted by molar-refractivity contribution is 6.22. The summed E-state index contributed by atoms with van der Waals surface area (Å²) in [6.07, 6.45) is 0.673. The molecule has 0 spiro atoms. The van der Waals surface area contributed by atoms with Gasteiger partial charge in [0, 0.05) is 17.5 Å². The van der Waals surface area contributed by atoms with Gasteiger partial charge in [0.15, 0.2) is 11.6 Å². The van der Waals surface area contributed by atoms with Gasteiger partial charge in [-0.25, -0.2) is 0 Å². The lowest BCUT2D eigenvalue weighted by Crippen LogP contribution is -2.55. The van der Waals surface area contributed by atoms with Gasteiger partial charge >= 0.3 is 0 Å². The molecule has 0 aliphatic heterocycles. The normalized spacial score (nSPS) is 27.9. The molecule has 0 saturated heterocycles. The van der Waals surface area contributed by atoms with E-state index >= 15 is 0 Å². The molecule has 3 aliphatic carbocycles. The number of amides is 1. The SMILES string of the molecule is CC(C)CNCc1ccc(O)c2c1CC1(C)CC3C(C(=O)C(C(N)=O)=C(O)C3N(C)C)C(O)=C1C2=O. The van der Waals surface area contributed by atoms with Crippen molar-refractivity contribution in [1.82, 2.24) is 10.2 Å². The molecular weight excluding hydrogens is 462 g/mol. The number of phenolic OH excluding ortho intramolecular Hbond substituents is 1. The molecule has 36 heavy (non-hydrogen) atoms. The predicted molar refractivity (Wildman–Crippen MR) is 133 cm³/mol. The van der Waals surface area contributed by atoms with E-state index in [0.717, 1.165) is 17.7 Å². The minimum atomic E-state index is -1.19. The van der Waals surface area contributed by atoms with E-state index in [0.29, 0.717) is 25.3 Å². The maximum absolute atomic E-state index is 13.8. The molecule has 4 unspecified atom stereocenters. The van der Waals surface area contributed by atoms with Gasteiger partial charge in [-0.3, -0.25) is 19.3 Å². The number of aliphatic hydroxyl groups is 2. The quantitative estimate of drug-likeness (QED) is 0.375. The van der Waals surface area contributed by atoms with Crippen LogP contribution < -0.4 is 11.1 Å². The van der Waals surface area contributed by atoms with E-state index in [4.69, 9.17) is 5.73 Å². The largest absolute Gasteiger partial charge is 0.511 e. The molecule has 0 saturated carbocycles. The second-order valence-corrected chi connectivity index (χ2v) is 11.2. The fourth-order valence-corrected chi connectivity index (χ4v) is 6.39. The lowest BCUT2D eigenvalue weighted by molar-refractivity contribution is -0.127. The number of nitrogens with two attached hydrogens (primary N) is 1. The second kappa shape index (κ2) is 9.05. The monoisotopic (exact) mass is 497 g/mol. The van der Waals surface area contributed by atoms with Crippen molar-refractivity contribution in [2.75, 3.05) is 20.6 Å². The molecule has 1 aromatic carbocycles. The van der Waals surface area contributed by atoms with Gasteiger partial charge in [0.05, 0.1) is 17.5 Å². The van der Waals surface area contributed by atoms with Gasteiger partial charge in [0.1, 0.15) is 22.8 Å². The average Bonchev–Trinajstić information content (AvgIpc) is 2.73. The molecule has 9 nitrogen and oxygen atoms in total. The zero-order valence-electron chi connectivity index (χ0n) is 21.4. The smallest absolute Gasteiger partial charge is 0.255 e. The fraction of sp³-hybridized carbons (Fsp3) is 0.519. The molecule has 0 bridgehead atoms. The predicted octanol–water partition coefficient (Wildman–Crippen LogP) is 2.14. The van der Waals surface area contributed by atoms with Crippen LogP contribution in [0, 0.1) is 23.2 Å². The Hall–Kier alpha value is -3.17. The Morgan fingerprint density at radius 2 is 1.86 bits per heavy atom. The summed E-state index contributed by atoms with van der Waals surface area (Å²) in [5.41, 5.74) is 5.85. The van der Waals surface area contributed by atoms with E-state index in [2.05, 4.69) is 19.2 Å². The molecule has 0 aromatic heterocycles. The Morgan fingerprint density at radius 1 is 1.19 bits per heavy atom. The van der Waals surface area contributed by atoms with Gasteiger partial charge in [-0.05, 0) is 62.5 Å². The molecule has 9 heteroatoms. The lowest BCUT2D eigenvalue weighted by Gasteiger charge is -2.50. The highest BCUT2D eigenvalue weighted by atomic mass is 16.3. The summed E-state index contributed by atoms with van der Waals surface area (Å²) in [6, 6.07) is 2.54. The van der Waals surface area contributed by atoms with Crippen LogP contribution in [-0.2, 0) is 22.6 Å². The topological polar surface area (TPSA) is 153 Å². The Labute approximate surface area is 210 Å². The number of nitrogens with one attached hydrogen (secondary N) is 1. The number of nitrogens with zero attached hydrogens (tertiary/aromatic N) is 1. The van der Waals surface area contributed by atoms with Crippen molar-refractivity contribution in [1.29, 1.82) is 0 Å². The first-order chi connectivity index (χ1) is 16.8. The summed E-state index contributed by atoms with van der Waals surface area (Å²) in [7, 11) is 3.42. The van der Waals surface area contributed by atoms with Crippen molar-refractivity contribution in [3.05, 3.63) is 51.5 Å². The number of carbonyl (C=O) groups is 3. The number of likely N-dealkylation sites (N-methyl/N-ethyl adjacent to an activating group) is 1. The number of aromatic hydroxyl groups is 1. The van der Waals surface area contributed by atoms with Crippen molar-refractivity contribution >= 4 is 17.5 Å². The minimum Gasteiger partial charge on any atom is -0.511 e. The third kappa shape index (κ3) is 3.90. The number of rotatable bonds is 6. The van der Waals surface area contributed by atoms with Crippen molar-refractivity contribution in [2.45, 2.75) is 46.2 Å². The Bertz CT molecular complexity index is 1210. The van der Waals surface area contributed by atoms with Crippen LogP contribution in [0.15, 0.2) is 34.8 Å². The summed E-state index contributed by atoms with van der Waals surface area (Å²) >= 11 is 0. The molecule has 194 valence electrons. The number of primary amides is 1. The summed E-state index contributed by atoms with van der Waals surface area (Å²) in [6.45, 7) is 7.37. The van der Waals surface area contributed by atoms with Crippen LogP contribution in [0.5, 0.6) is 5.75 Å². The van der Waals surface area contributed by atoms with Crippen LogP contribution in [0.2, 0.25) is 0 Å².